The third kappa shape index (κ3) is 3.85. The number of hydrogen-bond donors (Lipinski definition) is 2. The Bertz CT molecular complexity index is 887. The van der Waals surface area contributed by atoms with Crippen LogP contribution in [0.3, 0.4) is 0 Å². The van der Waals surface area contributed by atoms with Crippen molar-refractivity contribution >= 4 is 11.9 Å². The number of carboxylic acids is 1. The van der Waals surface area contributed by atoms with Crippen LogP contribution in [0.2, 0.25) is 0 Å². The molecule has 1 aromatic heterocycles. The van der Waals surface area contributed by atoms with Crippen molar-refractivity contribution in [2.24, 2.45) is 7.05 Å². The predicted molar refractivity (Wildman–Crippen MR) is 97.3 cm³/mol. The number of pyridine rings is 1. The molecular formula is C20H22N2O4. The topological polar surface area (TPSA) is 88.4 Å². The lowest BCUT2D eigenvalue weighted by atomic mass is 9.79. The molecule has 0 bridgehead atoms. The third-order valence-corrected chi connectivity index (χ3v) is 4.98. The molecule has 2 N–H and O–H groups in total. The van der Waals surface area contributed by atoms with Gasteiger partial charge >= 0.3 is 5.97 Å². The molecule has 0 radical (unpaired) electrons. The van der Waals surface area contributed by atoms with Crippen LogP contribution >= 0.6 is 0 Å². The second kappa shape index (κ2) is 7.56. The number of carboxylic acid groups (broad SMARTS) is 1. The molecule has 0 aliphatic heterocycles. The fraction of sp³-hybridized carbons (Fsp3) is 0.350. The molecule has 2 atom stereocenters. The minimum atomic E-state index is -1.06. The van der Waals surface area contributed by atoms with E-state index in [2.05, 4.69) is 11.4 Å². The number of rotatable bonds is 5. The molecule has 0 saturated carbocycles. The number of carbonyl (C=O) groups excluding carboxylic acids is 1. The van der Waals surface area contributed by atoms with E-state index in [1.54, 1.807) is 7.05 Å². The van der Waals surface area contributed by atoms with Gasteiger partial charge in [0, 0.05) is 24.9 Å². The number of nitrogens with zero attached hydrogens (tertiary/aromatic N) is 1. The highest BCUT2D eigenvalue weighted by Gasteiger charge is 2.28. The van der Waals surface area contributed by atoms with Gasteiger partial charge in [-0.3, -0.25) is 9.59 Å². The maximum Gasteiger partial charge on any atom is 0.326 e. The van der Waals surface area contributed by atoms with E-state index in [0.717, 1.165) is 19.3 Å². The van der Waals surface area contributed by atoms with Gasteiger partial charge in [0.1, 0.15) is 6.04 Å². The predicted octanol–water partition coefficient (Wildman–Crippen LogP) is 2.08. The number of hydrogen-bond acceptors (Lipinski definition) is 3. The molecule has 2 unspecified atom stereocenters. The van der Waals surface area contributed by atoms with Crippen molar-refractivity contribution in [3.63, 3.8) is 0 Å². The highest BCUT2D eigenvalue weighted by Crippen LogP contribution is 2.34. The number of fused-ring (bicyclic) bond motifs is 1. The quantitative estimate of drug-likeness (QED) is 0.860. The van der Waals surface area contributed by atoms with Gasteiger partial charge < -0.3 is 15.0 Å². The van der Waals surface area contributed by atoms with Crippen molar-refractivity contribution in [3.8, 4) is 0 Å². The second-order valence-corrected chi connectivity index (χ2v) is 6.75. The lowest BCUT2D eigenvalue weighted by Gasteiger charge is -2.28. The fourth-order valence-electron chi connectivity index (χ4n) is 3.54. The number of benzene rings is 1. The summed E-state index contributed by atoms with van der Waals surface area (Å²) in [5.41, 5.74) is 2.28. The van der Waals surface area contributed by atoms with Crippen LogP contribution in [0.1, 0.15) is 46.7 Å². The Labute approximate surface area is 151 Å². The lowest BCUT2D eigenvalue weighted by molar-refractivity contribution is -0.139. The summed E-state index contributed by atoms with van der Waals surface area (Å²) in [6, 6.07) is 9.80. The molecule has 3 rings (SSSR count). The first-order valence-electron chi connectivity index (χ1n) is 8.74. The van der Waals surface area contributed by atoms with E-state index in [9.17, 15) is 19.5 Å². The largest absolute Gasteiger partial charge is 0.480 e. The van der Waals surface area contributed by atoms with Gasteiger partial charge in [0.05, 0.1) is 0 Å². The number of aromatic nitrogens is 1. The monoisotopic (exact) mass is 354 g/mol. The molecule has 2 aromatic rings. The van der Waals surface area contributed by atoms with Crippen molar-refractivity contribution < 1.29 is 14.7 Å². The van der Waals surface area contributed by atoms with Gasteiger partial charge in [-0.25, -0.2) is 4.79 Å². The minimum Gasteiger partial charge on any atom is -0.480 e. The Morgan fingerprint density at radius 3 is 2.81 bits per heavy atom. The molecule has 1 aliphatic carbocycles. The van der Waals surface area contributed by atoms with E-state index in [-0.39, 0.29) is 17.0 Å². The van der Waals surface area contributed by atoms with Gasteiger partial charge in [0.2, 0.25) is 0 Å². The summed E-state index contributed by atoms with van der Waals surface area (Å²) >= 11 is 0. The summed E-state index contributed by atoms with van der Waals surface area (Å²) in [6.07, 6.45) is 4.75. The Morgan fingerprint density at radius 2 is 2.08 bits per heavy atom. The van der Waals surface area contributed by atoms with Crippen molar-refractivity contribution in [2.75, 3.05) is 0 Å². The zero-order chi connectivity index (χ0) is 18.7. The first-order valence-corrected chi connectivity index (χ1v) is 8.74. The first-order chi connectivity index (χ1) is 12.5. The smallest absolute Gasteiger partial charge is 0.326 e. The lowest BCUT2D eigenvalue weighted by Crippen LogP contribution is -2.42. The highest BCUT2D eigenvalue weighted by atomic mass is 16.4. The van der Waals surface area contributed by atoms with Crippen LogP contribution in [-0.4, -0.2) is 27.6 Å². The zero-order valence-corrected chi connectivity index (χ0v) is 14.6. The van der Waals surface area contributed by atoms with Crippen molar-refractivity contribution in [1.29, 1.82) is 0 Å². The van der Waals surface area contributed by atoms with Gasteiger partial charge in [0.15, 0.2) is 0 Å². The average molecular weight is 354 g/mol. The van der Waals surface area contributed by atoms with Crippen LogP contribution in [-0.2, 0) is 18.3 Å². The summed E-state index contributed by atoms with van der Waals surface area (Å²) < 4.78 is 1.35. The maximum absolute atomic E-state index is 12.4. The molecule has 6 heteroatoms. The van der Waals surface area contributed by atoms with E-state index >= 15 is 0 Å². The Hall–Kier alpha value is -2.89. The number of aryl methyl sites for hydroxylation is 2. The van der Waals surface area contributed by atoms with Crippen LogP contribution in [0, 0.1) is 0 Å². The van der Waals surface area contributed by atoms with E-state index in [0.29, 0.717) is 6.42 Å². The number of carbonyl (C=O) groups is 2. The SMILES string of the molecule is Cn1ccc(C(=O)NC(CC2CCCc3ccccc32)C(=O)O)cc1=O. The van der Waals surface area contributed by atoms with Crippen molar-refractivity contribution in [2.45, 2.75) is 37.6 Å². The van der Waals surface area contributed by atoms with Crippen LogP contribution in [0.15, 0.2) is 47.4 Å². The number of aliphatic carboxylic acids is 1. The van der Waals surface area contributed by atoms with Crippen molar-refractivity contribution in [1.82, 2.24) is 9.88 Å². The highest BCUT2D eigenvalue weighted by molar-refractivity contribution is 5.96. The molecule has 1 amide bonds. The molecular weight excluding hydrogens is 332 g/mol. The molecule has 0 saturated heterocycles. The maximum atomic E-state index is 12.4. The molecule has 136 valence electrons. The molecule has 1 aliphatic rings. The molecule has 0 fully saturated rings. The number of amides is 1. The van der Waals surface area contributed by atoms with Gasteiger partial charge in [-0.15, -0.1) is 0 Å². The summed E-state index contributed by atoms with van der Waals surface area (Å²) in [6.45, 7) is 0. The van der Waals surface area contributed by atoms with E-state index in [1.807, 2.05) is 18.2 Å². The fourth-order valence-corrected chi connectivity index (χ4v) is 3.54. The van der Waals surface area contributed by atoms with Gasteiger partial charge in [-0.1, -0.05) is 24.3 Å². The number of nitrogens with one attached hydrogen (secondary N) is 1. The molecule has 26 heavy (non-hydrogen) atoms. The summed E-state index contributed by atoms with van der Waals surface area (Å²) in [7, 11) is 1.59. The molecule has 0 spiro atoms. The molecule has 6 nitrogen and oxygen atoms in total. The summed E-state index contributed by atoms with van der Waals surface area (Å²) in [4.78, 5) is 35.8. The summed E-state index contributed by atoms with van der Waals surface area (Å²) in [5, 5.41) is 12.1. The van der Waals surface area contributed by atoms with Crippen molar-refractivity contribution in [3.05, 3.63) is 69.6 Å². The van der Waals surface area contributed by atoms with Crippen LogP contribution in [0.4, 0.5) is 0 Å². The summed E-state index contributed by atoms with van der Waals surface area (Å²) in [5.74, 6) is -1.51. The normalized spacial score (nSPS) is 17.2. The average Bonchev–Trinajstić information content (AvgIpc) is 2.63. The van der Waals surface area contributed by atoms with E-state index < -0.39 is 17.9 Å². The van der Waals surface area contributed by atoms with Gasteiger partial charge in [-0.05, 0) is 48.8 Å². The zero-order valence-electron chi connectivity index (χ0n) is 14.6. The Kier molecular flexibility index (Phi) is 5.21. The van der Waals surface area contributed by atoms with Gasteiger partial charge in [-0.2, -0.15) is 0 Å². The second-order valence-electron chi connectivity index (χ2n) is 6.75. The van der Waals surface area contributed by atoms with Crippen LogP contribution in [0.5, 0.6) is 0 Å². The Balaban J connectivity index is 1.76. The first kappa shape index (κ1) is 17.9. The van der Waals surface area contributed by atoms with Crippen LogP contribution in [0.25, 0.3) is 0 Å². The minimum absolute atomic E-state index is 0.102. The third-order valence-electron chi connectivity index (χ3n) is 4.98. The van der Waals surface area contributed by atoms with Gasteiger partial charge in [0.25, 0.3) is 11.5 Å². The standard InChI is InChI=1S/C20H22N2O4/c1-22-10-9-15(12-18(22)23)19(24)21-17(20(25)26)11-14-7-4-6-13-5-2-3-8-16(13)14/h2-3,5,8-10,12,14,17H,4,6-7,11H2,1H3,(H,21,24)(H,25,26). The van der Waals surface area contributed by atoms with E-state index in [1.165, 1.54) is 34.0 Å². The molecule has 1 heterocycles. The van der Waals surface area contributed by atoms with E-state index in [4.69, 9.17) is 0 Å². The van der Waals surface area contributed by atoms with Crippen LogP contribution < -0.4 is 10.9 Å². The molecule has 1 aromatic carbocycles. The Morgan fingerprint density at radius 1 is 1.31 bits per heavy atom.